The van der Waals surface area contributed by atoms with Gasteiger partial charge in [-0.1, -0.05) is 30.3 Å². The summed E-state index contributed by atoms with van der Waals surface area (Å²) in [5, 5.41) is 13.8. The lowest BCUT2D eigenvalue weighted by atomic mass is 10.0. The van der Waals surface area contributed by atoms with Gasteiger partial charge < -0.3 is 24.6 Å². The minimum Gasteiger partial charge on any atom is -0.491 e. The van der Waals surface area contributed by atoms with Crippen LogP contribution in [-0.4, -0.2) is 36.7 Å². The summed E-state index contributed by atoms with van der Waals surface area (Å²) < 4.78 is 16.3. The fourth-order valence-electron chi connectivity index (χ4n) is 2.96. The lowest BCUT2D eigenvalue weighted by Gasteiger charge is -2.24. The molecule has 1 aliphatic heterocycles. The van der Waals surface area contributed by atoms with Gasteiger partial charge in [-0.25, -0.2) is 0 Å². The second kappa shape index (κ2) is 8.92. The number of hydrogen-bond donors (Lipinski definition) is 2. The van der Waals surface area contributed by atoms with Crippen LogP contribution in [0.25, 0.3) is 0 Å². The van der Waals surface area contributed by atoms with E-state index in [1.54, 1.807) is 6.07 Å². The van der Waals surface area contributed by atoms with Gasteiger partial charge in [-0.2, -0.15) is 0 Å². The third-order valence-electron chi connectivity index (χ3n) is 4.60. The van der Waals surface area contributed by atoms with Gasteiger partial charge in [0.05, 0.1) is 0 Å². The van der Waals surface area contributed by atoms with E-state index in [1.165, 1.54) is 5.56 Å². The molecule has 5 heteroatoms. The number of nitrogens with one attached hydrogen (secondary N) is 1. The van der Waals surface area contributed by atoms with Crippen molar-refractivity contribution in [3.63, 3.8) is 0 Å². The molecule has 26 heavy (non-hydrogen) atoms. The molecule has 0 fully saturated rings. The maximum Gasteiger partial charge on any atom is 0.231 e. The fourth-order valence-corrected chi connectivity index (χ4v) is 2.96. The van der Waals surface area contributed by atoms with Crippen LogP contribution in [0.5, 0.6) is 17.2 Å². The Morgan fingerprint density at radius 2 is 1.85 bits per heavy atom. The smallest absolute Gasteiger partial charge is 0.231 e. The highest BCUT2D eigenvalue weighted by Crippen LogP contribution is 2.35. The summed E-state index contributed by atoms with van der Waals surface area (Å²) in [7, 11) is 0. The molecule has 0 aromatic heterocycles. The zero-order valence-electron chi connectivity index (χ0n) is 15.4. The Hall–Kier alpha value is -2.24. The van der Waals surface area contributed by atoms with E-state index in [4.69, 9.17) is 14.2 Å². The summed E-state index contributed by atoms with van der Waals surface area (Å²) in [6.07, 6.45) is 1.44. The number of benzene rings is 2. The zero-order valence-corrected chi connectivity index (χ0v) is 15.4. The molecule has 2 N–H and O–H groups in total. The number of aryl methyl sites for hydroxylation is 1. The van der Waals surface area contributed by atoms with Crippen LogP contribution >= 0.6 is 0 Å². The maximum atomic E-state index is 10.4. The average molecular weight is 357 g/mol. The Balaban J connectivity index is 1.40. The number of hydrogen-bond acceptors (Lipinski definition) is 5. The van der Waals surface area contributed by atoms with Crippen molar-refractivity contribution in [1.82, 2.24) is 5.32 Å². The molecule has 3 atom stereocenters. The van der Waals surface area contributed by atoms with Crippen LogP contribution in [0.15, 0.2) is 48.5 Å². The second-order valence-corrected chi connectivity index (χ2v) is 6.77. The molecule has 5 nitrogen and oxygen atoms in total. The van der Waals surface area contributed by atoms with E-state index >= 15 is 0 Å². The molecular formula is C21H27NO4. The molecule has 3 unspecified atom stereocenters. The molecule has 2 aromatic carbocycles. The summed E-state index contributed by atoms with van der Waals surface area (Å²) in [4.78, 5) is 0. The minimum atomic E-state index is -0.598. The Morgan fingerprint density at radius 1 is 1.08 bits per heavy atom. The van der Waals surface area contributed by atoms with Crippen LogP contribution in [0.3, 0.4) is 0 Å². The molecule has 1 aliphatic rings. The summed E-state index contributed by atoms with van der Waals surface area (Å²) >= 11 is 0. The molecule has 0 aliphatic carbocycles. The molecule has 0 radical (unpaired) electrons. The number of aliphatic hydroxyl groups excluding tert-OH is 1. The minimum absolute atomic E-state index is 0.0604. The molecule has 0 amide bonds. The predicted octanol–water partition coefficient (Wildman–Crippen LogP) is 3.15. The molecule has 0 bridgehead atoms. The summed E-state index contributed by atoms with van der Waals surface area (Å²) in [6.45, 7) is 4.58. The molecule has 2 aromatic rings. The van der Waals surface area contributed by atoms with Crippen LogP contribution in [0, 0.1) is 0 Å². The van der Waals surface area contributed by atoms with E-state index in [9.17, 15) is 5.11 Å². The third kappa shape index (κ3) is 5.13. The standard InChI is InChI=1S/C21H27NO4/c1-15(8-9-17-6-4-3-5-7-17)22-16(2)19(23)13-24-18-10-11-20-21(12-18)26-14-25-20/h3-7,10-12,15-16,19,22-23H,8-9,13-14H2,1-2H3. The van der Waals surface area contributed by atoms with Crippen molar-refractivity contribution < 1.29 is 19.3 Å². The van der Waals surface area contributed by atoms with Crippen molar-refractivity contribution in [2.24, 2.45) is 0 Å². The highest BCUT2D eigenvalue weighted by Gasteiger charge is 2.18. The van der Waals surface area contributed by atoms with Crippen LogP contribution in [0.4, 0.5) is 0 Å². The van der Waals surface area contributed by atoms with Crippen molar-refractivity contribution in [2.45, 2.75) is 44.9 Å². The monoisotopic (exact) mass is 357 g/mol. The quantitative estimate of drug-likeness (QED) is 0.722. The lowest BCUT2D eigenvalue weighted by Crippen LogP contribution is -2.44. The Labute approximate surface area is 154 Å². The van der Waals surface area contributed by atoms with Crippen molar-refractivity contribution in [1.29, 1.82) is 0 Å². The van der Waals surface area contributed by atoms with Gasteiger partial charge in [0.15, 0.2) is 11.5 Å². The van der Waals surface area contributed by atoms with Gasteiger partial charge in [0.1, 0.15) is 18.5 Å². The highest BCUT2D eigenvalue weighted by atomic mass is 16.7. The first-order valence-corrected chi connectivity index (χ1v) is 9.12. The first-order valence-electron chi connectivity index (χ1n) is 9.12. The molecule has 3 rings (SSSR count). The number of fused-ring (bicyclic) bond motifs is 1. The van der Waals surface area contributed by atoms with E-state index in [0.29, 0.717) is 17.5 Å². The Morgan fingerprint density at radius 3 is 2.65 bits per heavy atom. The second-order valence-electron chi connectivity index (χ2n) is 6.77. The summed E-state index contributed by atoms with van der Waals surface area (Å²) in [5.74, 6) is 2.07. The normalized spacial score (nSPS) is 16.1. The van der Waals surface area contributed by atoms with Gasteiger partial charge in [0, 0.05) is 18.2 Å². The molecule has 140 valence electrons. The maximum absolute atomic E-state index is 10.4. The van der Waals surface area contributed by atoms with Crippen molar-refractivity contribution in [2.75, 3.05) is 13.4 Å². The third-order valence-corrected chi connectivity index (χ3v) is 4.60. The van der Waals surface area contributed by atoms with Crippen LogP contribution in [0.1, 0.15) is 25.8 Å². The predicted molar refractivity (Wildman–Crippen MR) is 101 cm³/mol. The molecular weight excluding hydrogens is 330 g/mol. The van der Waals surface area contributed by atoms with E-state index in [0.717, 1.165) is 18.6 Å². The van der Waals surface area contributed by atoms with Crippen molar-refractivity contribution in [3.05, 3.63) is 54.1 Å². The topological polar surface area (TPSA) is 60.0 Å². The fraction of sp³-hybridized carbons (Fsp3) is 0.429. The largest absolute Gasteiger partial charge is 0.491 e. The SMILES string of the molecule is CC(CCc1ccccc1)NC(C)C(O)COc1ccc2c(c1)OCO2. The Kier molecular flexibility index (Phi) is 6.36. The van der Waals surface area contributed by atoms with E-state index < -0.39 is 6.10 Å². The van der Waals surface area contributed by atoms with Crippen molar-refractivity contribution in [3.8, 4) is 17.2 Å². The molecule has 0 spiro atoms. The van der Waals surface area contributed by atoms with Crippen LogP contribution in [0.2, 0.25) is 0 Å². The van der Waals surface area contributed by atoms with E-state index in [1.807, 2.05) is 25.1 Å². The Bertz CT molecular complexity index is 692. The van der Waals surface area contributed by atoms with E-state index in [2.05, 4.69) is 36.5 Å². The highest BCUT2D eigenvalue weighted by molar-refractivity contribution is 5.46. The lowest BCUT2D eigenvalue weighted by molar-refractivity contribution is 0.0747. The number of rotatable bonds is 9. The van der Waals surface area contributed by atoms with Gasteiger partial charge in [-0.3, -0.25) is 0 Å². The van der Waals surface area contributed by atoms with Crippen LogP contribution < -0.4 is 19.5 Å². The van der Waals surface area contributed by atoms with Gasteiger partial charge >= 0.3 is 0 Å². The van der Waals surface area contributed by atoms with E-state index in [-0.39, 0.29) is 19.4 Å². The van der Waals surface area contributed by atoms with Gasteiger partial charge in [0.2, 0.25) is 6.79 Å². The van der Waals surface area contributed by atoms with Gasteiger partial charge in [0.25, 0.3) is 0 Å². The van der Waals surface area contributed by atoms with Gasteiger partial charge in [-0.15, -0.1) is 0 Å². The van der Waals surface area contributed by atoms with Crippen LogP contribution in [-0.2, 0) is 6.42 Å². The first-order chi connectivity index (χ1) is 12.6. The average Bonchev–Trinajstić information content (AvgIpc) is 3.13. The molecule has 0 saturated heterocycles. The molecule has 0 saturated carbocycles. The van der Waals surface area contributed by atoms with Gasteiger partial charge in [-0.05, 0) is 44.4 Å². The zero-order chi connectivity index (χ0) is 18.4. The van der Waals surface area contributed by atoms with Crippen molar-refractivity contribution >= 4 is 0 Å². The number of aliphatic hydroxyl groups is 1. The molecule has 1 heterocycles. The summed E-state index contributed by atoms with van der Waals surface area (Å²) in [6, 6.07) is 16.1. The number of ether oxygens (including phenoxy) is 3. The first kappa shape index (κ1) is 18.5. The summed E-state index contributed by atoms with van der Waals surface area (Å²) in [5.41, 5.74) is 1.33.